The van der Waals surface area contributed by atoms with Crippen molar-refractivity contribution in [2.24, 2.45) is 11.8 Å². The van der Waals surface area contributed by atoms with E-state index in [0.29, 0.717) is 11.8 Å². The SMILES string of the molecule is CCCC1CCC(c2ccc(C3CC=C(CCCOCCCC4=CCC(c5ccc(C6CCC(CCC)CC6)cc5)CC4)CC3)cc2)CC1. The fraction of sp³-hybridized carbons (Fsp3) is 0.667. The Morgan fingerprint density at radius 1 is 0.469 bits per heavy atom. The second-order valence-corrected chi connectivity index (χ2v) is 16.8. The summed E-state index contributed by atoms with van der Waals surface area (Å²) in [7, 11) is 0. The molecule has 49 heavy (non-hydrogen) atoms. The molecular weight excluding hydrogens is 593 g/mol. The second kappa shape index (κ2) is 19.5. The molecular formula is C48H70O. The van der Waals surface area contributed by atoms with Crippen LogP contribution in [-0.4, -0.2) is 13.2 Å². The van der Waals surface area contributed by atoms with Gasteiger partial charge in [0.15, 0.2) is 0 Å². The van der Waals surface area contributed by atoms with E-state index < -0.39 is 0 Å². The normalized spacial score (nSPS) is 27.8. The molecule has 2 fully saturated rings. The van der Waals surface area contributed by atoms with Crippen molar-refractivity contribution in [1.82, 2.24) is 0 Å². The Bertz CT molecular complexity index is 1180. The van der Waals surface area contributed by atoms with Gasteiger partial charge >= 0.3 is 0 Å². The van der Waals surface area contributed by atoms with Crippen LogP contribution >= 0.6 is 0 Å². The summed E-state index contributed by atoms with van der Waals surface area (Å²) in [5.74, 6) is 5.02. The van der Waals surface area contributed by atoms with E-state index in [0.717, 1.165) is 36.9 Å². The van der Waals surface area contributed by atoms with Gasteiger partial charge in [0.25, 0.3) is 0 Å². The third-order valence-corrected chi connectivity index (χ3v) is 13.4. The third kappa shape index (κ3) is 10.9. The van der Waals surface area contributed by atoms with Crippen molar-refractivity contribution in [2.75, 3.05) is 13.2 Å². The van der Waals surface area contributed by atoms with E-state index >= 15 is 0 Å². The van der Waals surface area contributed by atoms with Gasteiger partial charge in [0.1, 0.15) is 0 Å². The van der Waals surface area contributed by atoms with Gasteiger partial charge in [-0.3, -0.25) is 0 Å². The van der Waals surface area contributed by atoms with E-state index in [4.69, 9.17) is 4.74 Å². The van der Waals surface area contributed by atoms with Crippen LogP contribution in [-0.2, 0) is 4.74 Å². The molecule has 2 atom stereocenters. The fourth-order valence-corrected chi connectivity index (χ4v) is 10.2. The molecule has 0 amide bonds. The van der Waals surface area contributed by atoms with E-state index in [-0.39, 0.29) is 0 Å². The molecule has 2 aromatic carbocycles. The highest BCUT2D eigenvalue weighted by Crippen LogP contribution is 2.41. The van der Waals surface area contributed by atoms with Gasteiger partial charge in [0, 0.05) is 13.2 Å². The second-order valence-electron chi connectivity index (χ2n) is 16.8. The lowest BCUT2D eigenvalue weighted by Crippen LogP contribution is -2.13. The molecule has 4 aliphatic rings. The highest BCUT2D eigenvalue weighted by Gasteiger charge is 2.24. The summed E-state index contributed by atoms with van der Waals surface area (Å²) in [5.41, 5.74) is 9.67. The minimum Gasteiger partial charge on any atom is -0.381 e. The molecule has 0 aromatic heterocycles. The Balaban J connectivity index is 0.809. The molecule has 2 unspecified atom stereocenters. The van der Waals surface area contributed by atoms with Gasteiger partial charge in [0.2, 0.25) is 0 Å². The molecule has 0 heterocycles. The minimum absolute atomic E-state index is 0.712. The quantitative estimate of drug-likeness (QED) is 0.128. The summed E-state index contributed by atoms with van der Waals surface area (Å²) in [6.45, 7) is 6.51. The molecule has 0 bridgehead atoms. The maximum atomic E-state index is 6.10. The molecule has 4 aliphatic carbocycles. The molecule has 0 N–H and O–H groups in total. The Morgan fingerprint density at radius 3 is 1.16 bits per heavy atom. The Labute approximate surface area is 301 Å². The lowest BCUT2D eigenvalue weighted by atomic mass is 9.76. The zero-order valence-corrected chi connectivity index (χ0v) is 31.6. The van der Waals surface area contributed by atoms with E-state index in [9.17, 15) is 0 Å². The number of hydrogen-bond donors (Lipinski definition) is 0. The molecule has 0 aliphatic heterocycles. The van der Waals surface area contributed by atoms with Gasteiger partial charge in [-0.1, -0.05) is 111 Å². The topological polar surface area (TPSA) is 9.23 Å². The van der Waals surface area contributed by atoms with Crippen molar-refractivity contribution < 1.29 is 4.74 Å². The van der Waals surface area contributed by atoms with Gasteiger partial charge in [-0.15, -0.1) is 0 Å². The van der Waals surface area contributed by atoms with Crippen LogP contribution in [0.3, 0.4) is 0 Å². The van der Waals surface area contributed by atoms with Gasteiger partial charge < -0.3 is 4.74 Å². The molecule has 1 heteroatoms. The Hall–Kier alpha value is -2.12. The average Bonchev–Trinajstić information content (AvgIpc) is 3.16. The van der Waals surface area contributed by atoms with Crippen LogP contribution < -0.4 is 0 Å². The lowest BCUT2D eigenvalue weighted by molar-refractivity contribution is 0.129. The zero-order valence-electron chi connectivity index (χ0n) is 31.6. The van der Waals surface area contributed by atoms with E-state index in [1.807, 2.05) is 0 Å². The number of ether oxygens (including phenoxy) is 1. The van der Waals surface area contributed by atoms with Gasteiger partial charge in [-0.25, -0.2) is 0 Å². The Morgan fingerprint density at radius 2 is 0.837 bits per heavy atom. The summed E-state index contributed by atoms with van der Waals surface area (Å²) in [5, 5.41) is 0. The first-order valence-corrected chi connectivity index (χ1v) is 21.3. The number of rotatable bonds is 16. The van der Waals surface area contributed by atoms with Crippen LogP contribution in [0, 0.1) is 11.8 Å². The largest absolute Gasteiger partial charge is 0.381 e. The summed E-state index contributed by atoms with van der Waals surface area (Å²) in [4.78, 5) is 0. The summed E-state index contributed by atoms with van der Waals surface area (Å²) < 4.78 is 6.10. The standard InChI is InChI=1S/C48H70O/c1-3-7-37-11-19-41(20-12-37)45-27-31-47(32-28-45)43-23-15-39(16-24-43)9-5-35-49-36-6-10-40-17-25-44(26-18-40)48-33-29-46(30-34-48)42-21-13-38(8-4-2)14-22-42/h15,17,27-34,37-38,41-44H,3-14,16,18-26,35-36H2,1-2H3. The number of allylic oxidation sites excluding steroid dienone is 4. The maximum absolute atomic E-state index is 6.10. The van der Waals surface area contributed by atoms with Gasteiger partial charge in [-0.2, -0.15) is 0 Å². The maximum Gasteiger partial charge on any atom is 0.0469 e. The predicted molar refractivity (Wildman–Crippen MR) is 211 cm³/mol. The highest BCUT2D eigenvalue weighted by molar-refractivity contribution is 5.31. The van der Waals surface area contributed by atoms with Crippen molar-refractivity contribution in [1.29, 1.82) is 0 Å². The van der Waals surface area contributed by atoms with E-state index in [1.165, 1.54) is 141 Å². The van der Waals surface area contributed by atoms with Crippen LogP contribution in [0.25, 0.3) is 0 Å². The molecule has 2 aromatic rings. The highest BCUT2D eigenvalue weighted by atomic mass is 16.5. The first-order chi connectivity index (χ1) is 24.2. The smallest absolute Gasteiger partial charge is 0.0469 e. The summed E-state index contributed by atoms with van der Waals surface area (Å²) in [6.07, 6.45) is 34.5. The monoisotopic (exact) mass is 663 g/mol. The van der Waals surface area contributed by atoms with Crippen LogP contribution in [0.2, 0.25) is 0 Å². The summed E-state index contributed by atoms with van der Waals surface area (Å²) >= 11 is 0. The Kier molecular flexibility index (Phi) is 14.6. The molecule has 6 rings (SSSR count). The third-order valence-electron chi connectivity index (χ3n) is 13.4. The number of benzene rings is 2. The molecule has 0 spiro atoms. The van der Waals surface area contributed by atoms with Crippen molar-refractivity contribution in [3.63, 3.8) is 0 Å². The zero-order chi connectivity index (χ0) is 33.7. The first-order valence-electron chi connectivity index (χ1n) is 21.3. The molecule has 2 saturated carbocycles. The van der Waals surface area contributed by atoms with Crippen molar-refractivity contribution in [3.8, 4) is 0 Å². The van der Waals surface area contributed by atoms with Gasteiger partial charge in [-0.05, 0) is 173 Å². The molecule has 0 radical (unpaired) electrons. The van der Waals surface area contributed by atoms with Gasteiger partial charge in [0.05, 0.1) is 0 Å². The van der Waals surface area contributed by atoms with Crippen LogP contribution in [0.15, 0.2) is 71.8 Å². The summed E-state index contributed by atoms with van der Waals surface area (Å²) in [6, 6.07) is 19.7. The predicted octanol–water partition coefficient (Wildman–Crippen LogP) is 14.5. The van der Waals surface area contributed by atoms with Crippen molar-refractivity contribution >= 4 is 0 Å². The number of hydrogen-bond acceptors (Lipinski definition) is 1. The molecule has 1 nitrogen and oxygen atoms in total. The molecule has 0 saturated heterocycles. The van der Waals surface area contributed by atoms with Crippen LogP contribution in [0.1, 0.15) is 201 Å². The lowest BCUT2D eigenvalue weighted by Gasteiger charge is -2.29. The first kappa shape index (κ1) is 36.7. The molecule has 268 valence electrons. The fourth-order valence-electron chi connectivity index (χ4n) is 10.2. The van der Waals surface area contributed by atoms with E-state index in [1.54, 1.807) is 33.4 Å². The van der Waals surface area contributed by atoms with Crippen LogP contribution in [0.5, 0.6) is 0 Å². The van der Waals surface area contributed by atoms with E-state index in [2.05, 4.69) is 74.5 Å². The van der Waals surface area contributed by atoms with Crippen molar-refractivity contribution in [3.05, 3.63) is 94.1 Å². The average molecular weight is 663 g/mol. The van der Waals surface area contributed by atoms with Crippen LogP contribution in [0.4, 0.5) is 0 Å². The van der Waals surface area contributed by atoms with Crippen molar-refractivity contribution in [2.45, 2.75) is 179 Å². The minimum atomic E-state index is 0.712.